The lowest BCUT2D eigenvalue weighted by molar-refractivity contribution is -0.113. The van der Waals surface area contributed by atoms with Gasteiger partial charge < -0.3 is 4.79 Å². The summed E-state index contributed by atoms with van der Waals surface area (Å²) in [6, 6.07) is 20.6. The van der Waals surface area contributed by atoms with Crippen LogP contribution in [0.2, 0.25) is 0 Å². The topological polar surface area (TPSA) is 20.3 Å². The summed E-state index contributed by atoms with van der Waals surface area (Å²) in [4.78, 5) is 13.6. The van der Waals surface area contributed by atoms with Gasteiger partial charge in [-0.25, -0.2) is 0 Å². The van der Waals surface area contributed by atoms with E-state index in [2.05, 4.69) is 36.1 Å². The molecular weight excluding hydrogens is 246 g/mol. The van der Waals surface area contributed by atoms with Crippen LogP contribution in [0.4, 0.5) is 0 Å². The molecule has 0 aliphatic rings. The third kappa shape index (κ3) is 4.04. The molecule has 0 heterocycles. The number of hydrogen-bond donors (Lipinski definition) is 0. The van der Waals surface area contributed by atoms with E-state index in [0.717, 1.165) is 25.8 Å². The van der Waals surface area contributed by atoms with Crippen molar-refractivity contribution in [1.29, 1.82) is 0 Å². The van der Waals surface area contributed by atoms with Crippen molar-refractivity contribution in [2.45, 2.75) is 32.5 Å². The van der Waals surface area contributed by atoms with Gasteiger partial charge in [-0.3, -0.25) is 4.90 Å². The Morgan fingerprint density at radius 1 is 0.900 bits per heavy atom. The van der Waals surface area contributed by atoms with Crippen LogP contribution in [0.3, 0.4) is 0 Å². The first-order valence-electron chi connectivity index (χ1n) is 7.10. The van der Waals surface area contributed by atoms with Crippen LogP contribution in [0.25, 0.3) is 0 Å². The molecule has 0 N–H and O–H groups in total. The summed E-state index contributed by atoms with van der Waals surface area (Å²) < 4.78 is 0. The highest BCUT2D eigenvalue weighted by Gasteiger charge is 2.16. The summed E-state index contributed by atoms with van der Waals surface area (Å²) >= 11 is 0. The van der Waals surface area contributed by atoms with Crippen LogP contribution in [0, 0.1) is 0 Å². The Morgan fingerprint density at radius 2 is 1.35 bits per heavy atom. The molecule has 0 saturated heterocycles. The van der Waals surface area contributed by atoms with Gasteiger partial charge in [-0.1, -0.05) is 67.6 Å². The largest absolute Gasteiger partial charge is 0.302 e. The summed E-state index contributed by atoms with van der Waals surface area (Å²) in [7, 11) is 0. The second-order valence-corrected chi connectivity index (χ2v) is 4.99. The molecule has 0 bridgehead atoms. The van der Waals surface area contributed by atoms with Gasteiger partial charge in [-0.2, -0.15) is 0 Å². The first-order valence-corrected chi connectivity index (χ1v) is 7.10. The highest BCUT2D eigenvalue weighted by atomic mass is 16.1. The zero-order valence-corrected chi connectivity index (χ0v) is 11.9. The molecule has 0 spiro atoms. The summed E-state index contributed by atoms with van der Waals surface area (Å²) in [6.45, 7) is 3.65. The monoisotopic (exact) mass is 267 g/mol. The van der Waals surface area contributed by atoms with Crippen molar-refractivity contribution < 1.29 is 4.79 Å². The summed E-state index contributed by atoms with van der Waals surface area (Å²) in [5, 5.41) is 0. The van der Waals surface area contributed by atoms with E-state index in [1.807, 2.05) is 36.4 Å². The van der Waals surface area contributed by atoms with Crippen molar-refractivity contribution in [2.75, 3.05) is 0 Å². The van der Waals surface area contributed by atoms with E-state index in [4.69, 9.17) is 0 Å². The molecule has 2 rings (SSSR count). The minimum absolute atomic E-state index is 0.0320. The van der Waals surface area contributed by atoms with Gasteiger partial charge >= 0.3 is 0 Å². The SMILES string of the molecule is CCC(C=O)N(Cc1ccccc1)Cc1ccccc1. The lowest BCUT2D eigenvalue weighted by Crippen LogP contribution is -2.35. The van der Waals surface area contributed by atoms with Crippen LogP contribution in [0.1, 0.15) is 24.5 Å². The molecule has 2 heteroatoms. The first kappa shape index (κ1) is 14.5. The molecule has 0 fully saturated rings. The van der Waals surface area contributed by atoms with Gasteiger partial charge in [-0.05, 0) is 17.5 Å². The fourth-order valence-electron chi connectivity index (χ4n) is 2.37. The second kappa shape index (κ2) is 7.61. The van der Waals surface area contributed by atoms with Gasteiger partial charge in [0, 0.05) is 13.1 Å². The molecule has 0 aromatic heterocycles. The number of nitrogens with zero attached hydrogens (tertiary/aromatic N) is 1. The molecule has 1 unspecified atom stereocenters. The predicted octanol–water partition coefficient (Wildman–Crippen LogP) is 3.67. The maximum Gasteiger partial charge on any atom is 0.137 e. The van der Waals surface area contributed by atoms with E-state index in [9.17, 15) is 4.79 Å². The van der Waals surface area contributed by atoms with Gasteiger partial charge in [0.15, 0.2) is 0 Å². The molecule has 20 heavy (non-hydrogen) atoms. The molecule has 0 radical (unpaired) electrons. The van der Waals surface area contributed by atoms with Crippen molar-refractivity contribution in [3.05, 3.63) is 71.8 Å². The standard InChI is InChI=1S/C18H21NO/c1-2-18(15-20)19(13-16-9-5-3-6-10-16)14-17-11-7-4-8-12-17/h3-12,15,18H,2,13-14H2,1H3. The van der Waals surface area contributed by atoms with Gasteiger partial charge in [0.05, 0.1) is 6.04 Å². The zero-order chi connectivity index (χ0) is 14.2. The Hall–Kier alpha value is -1.93. The molecule has 0 aliphatic heterocycles. The second-order valence-electron chi connectivity index (χ2n) is 4.99. The van der Waals surface area contributed by atoms with Gasteiger partial charge in [0.25, 0.3) is 0 Å². The first-order chi connectivity index (χ1) is 9.83. The zero-order valence-electron chi connectivity index (χ0n) is 11.9. The van der Waals surface area contributed by atoms with Gasteiger partial charge in [-0.15, -0.1) is 0 Å². The average molecular weight is 267 g/mol. The molecule has 2 aromatic carbocycles. The third-order valence-corrected chi connectivity index (χ3v) is 3.50. The summed E-state index contributed by atoms with van der Waals surface area (Å²) in [5.74, 6) is 0. The van der Waals surface area contributed by atoms with Crippen LogP contribution in [0.15, 0.2) is 60.7 Å². The smallest absolute Gasteiger partial charge is 0.137 e. The number of hydrogen-bond acceptors (Lipinski definition) is 2. The molecule has 104 valence electrons. The van der Waals surface area contributed by atoms with Crippen molar-refractivity contribution in [3.8, 4) is 0 Å². The van der Waals surface area contributed by atoms with E-state index in [1.54, 1.807) is 0 Å². The van der Waals surface area contributed by atoms with Crippen LogP contribution in [-0.4, -0.2) is 17.2 Å². The van der Waals surface area contributed by atoms with Crippen LogP contribution in [-0.2, 0) is 17.9 Å². The van der Waals surface area contributed by atoms with Gasteiger partial charge in [0.1, 0.15) is 6.29 Å². The Morgan fingerprint density at radius 3 is 1.70 bits per heavy atom. The van der Waals surface area contributed by atoms with Crippen LogP contribution >= 0.6 is 0 Å². The summed E-state index contributed by atoms with van der Waals surface area (Å²) in [5.41, 5.74) is 2.48. The fourth-order valence-corrected chi connectivity index (χ4v) is 2.37. The number of carbonyl (C=O) groups is 1. The predicted molar refractivity (Wildman–Crippen MR) is 82.3 cm³/mol. The summed E-state index contributed by atoms with van der Waals surface area (Å²) in [6.07, 6.45) is 1.90. The number of carbonyl (C=O) groups excluding carboxylic acids is 1. The van der Waals surface area contributed by atoms with Crippen LogP contribution in [0.5, 0.6) is 0 Å². The molecule has 2 aromatic rings. The minimum Gasteiger partial charge on any atom is -0.302 e. The third-order valence-electron chi connectivity index (χ3n) is 3.50. The molecule has 2 nitrogen and oxygen atoms in total. The lowest BCUT2D eigenvalue weighted by Gasteiger charge is -2.27. The highest BCUT2D eigenvalue weighted by Crippen LogP contribution is 2.14. The molecule has 0 saturated carbocycles. The van der Waals surface area contributed by atoms with Crippen molar-refractivity contribution in [2.24, 2.45) is 0 Å². The van der Waals surface area contributed by atoms with Crippen molar-refractivity contribution in [3.63, 3.8) is 0 Å². The normalized spacial score (nSPS) is 12.3. The molecular formula is C18H21NO. The number of aldehydes is 1. The Balaban J connectivity index is 2.14. The Bertz CT molecular complexity index is 468. The number of benzene rings is 2. The molecule has 0 amide bonds. The fraction of sp³-hybridized carbons (Fsp3) is 0.278. The van der Waals surface area contributed by atoms with E-state index in [-0.39, 0.29) is 6.04 Å². The Labute approximate surface area is 121 Å². The quantitative estimate of drug-likeness (QED) is 0.713. The van der Waals surface area contributed by atoms with E-state index in [1.165, 1.54) is 11.1 Å². The lowest BCUT2D eigenvalue weighted by atomic mass is 10.1. The van der Waals surface area contributed by atoms with E-state index in [0.29, 0.717) is 0 Å². The van der Waals surface area contributed by atoms with Gasteiger partial charge in [0.2, 0.25) is 0 Å². The van der Waals surface area contributed by atoms with Crippen molar-refractivity contribution in [1.82, 2.24) is 4.90 Å². The van der Waals surface area contributed by atoms with Crippen LogP contribution < -0.4 is 0 Å². The van der Waals surface area contributed by atoms with E-state index >= 15 is 0 Å². The number of rotatable bonds is 7. The minimum atomic E-state index is -0.0320. The molecule has 1 atom stereocenters. The van der Waals surface area contributed by atoms with Crippen molar-refractivity contribution >= 4 is 6.29 Å². The maximum absolute atomic E-state index is 11.3. The average Bonchev–Trinajstić information content (AvgIpc) is 2.50. The van der Waals surface area contributed by atoms with E-state index < -0.39 is 0 Å². The maximum atomic E-state index is 11.3. The molecule has 0 aliphatic carbocycles. The highest BCUT2D eigenvalue weighted by molar-refractivity contribution is 5.57. The Kier molecular flexibility index (Phi) is 5.51.